The zero-order valence-corrected chi connectivity index (χ0v) is 11.3. The number of ether oxygens (including phenoxy) is 1. The molecule has 1 amide bonds. The molecule has 1 aliphatic heterocycles. The van der Waals surface area contributed by atoms with E-state index in [0.29, 0.717) is 5.56 Å². The van der Waals surface area contributed by atoms with Gasteiger partial charge in [0.15, 0.2) is 5.75 Å². The van der Waals surface area contributed by atoms with Crippen molar-refractivity contribution in [3.63, 3.8) is 0 Å². The number of halogens is 3. The van der Waals surface area contributed by atoms with Crippen LogP contribution in [-0.4, -0.2) is 12.3 Å². The molecule has 2 atom stereocenters. The number of fused-ring (bicyclic) bond motifs is 1. The average molecular weight is 287 g/mol. The van der Waals surface area contributed by atoms with Crippen molar-refractivity contribution in [1.29, 1.82) is 0 Å². The quantitative estimate of drug-likeness (QED) is 0.907. The Morgan fingerprint density at radius 1 is 1.40 bits per heavy atom. The molecule has 1 heterocycles. The van der Waals surface area contributed by atoms with E-state index in [9.17, 15) is 18.0 Å². The first kappa shape index (κ1) is 14.7. The van der Waals surface area contributed by atoms with Crippen molar-refractivity contribution in [3.8, 4) is 5.75 Å². The van der Waals surface area contributed by atoms with Gasteiger partial charge in [0, 0.05) is 0 Å². The highest BCUT2D eigenvalue weighted by atomic mass is 19.4. The van der Waals surface area contributed by atoms with E-state index in [1.807, 2.05) is 13.8 Å². The summed E-state index contributed by atoms with van der Waals surface area (Å²) in [4.78, 5) is 12.0. The molecule has 3 nitrogen and oxygen atoms in total. The van der Waals surface area contributed by atoms with Gasteiger partial charge < -0.3 is 10.1 Å². The molecule has 0 bridgehead atoms. The van der Waals surface area contributed by atoms with Crippen molar-refractivity contribution in [3.05, 3.63) is 23.8 Å². The monoisotopic (exact) mass is 287 g/mol. The van der Waals surface area contributed by atoms with E-state index in [-0.39, 0.29) is 23.3 Å². The zero-order valence-electron chi connectivity index (χ0n) is 11.3. The van der Waals surface area contributed by atoms with Crippen molar-refractivity contribution >= 4 is 11.6 Å². The predicted molar refractivity (Wildman–Crippen MR) is 68.6 cm³/mol. The van der Waals surface area contributed by atoms with E-state index in [4.69, 9.17) is 0 Å². The lowest BCUT2D eigenvalue weighted by molar-refractivity contribution is -0.274. The van der Waals surface area contributed by atoms with E-state index in [1.165, 1.54) is 12.1 Å². The lowest BCUT2D eigenvalue weighted by atomic mass is 9.85. The third-order valence-corrected chi connectivity index (χ3v) is 3.46. The third-order valence-electron chi connectivity index (χ3n) is 3.46. The lowest BCUT2D eigenvalue weighted by Crippen LogP contribution is -2.19. The maximum atomic E-state index is 12.3. The van der Waals surface area contributed by atoms with Gasteiger partial charge in [-0.3, -0.25) is 4.79 Å². The first-order valence-electron chi connectivity index (χ1n) is 6.53. The average Bonchev–Trinajstić information content (AvgIpc) is 2.65. The van der Waals surface area contributed by atoms with Gasteiger partial charge in [-0.15, -0.1) is 13.2 Å². The minimum Gasteiger partial charge on any atom is -0.404 e. The normalized spacial score (nSPS) is 19.4. The maximum Gasteiger partial charge on any atom is 0.573 e. The molecule has 1 N–H and O–H groups in total. The smallest absolute Gasteiger partial charge is 0.404 e. The van der Waals surface area contributed by atoms with Crippen molar-refractivity contribution in [2.75, 3.05) is 5.32 Å². The number of anilines is 1. The zero-order chi connectivity index (χ0) is 14.9. The molecule has 110 valence electrons. The SMILES string of the molecule is CCCC(C)C1C(=O)Nc2c(OC(F)(F)F)cccc21. The van der Waals surface area contributed by atoms with Crippen molar-refractivity contribution < 1.29 is 22.7 Å². The van der Waals surface area contributed by atoms with E-state index >= 15 is 0 Å². The lowest BCUT2D eigenvalue weighted by Gasteiger charge is -2.17. The highest BCUT2D eigenvalue weighted by Crippen LogP contribution is 2.44. The standard InChI is InChI=1S/C14H16F3NO2/c1-3-5-8(2)11-9-6-4-7-10(20-14(15,16)17)12(9)18-13(11)19/h4,6-8,11H,3,5H2,1-2H3,(H,18,19). The Morgan fingerprint density at radius 3 is 2.70 bits per heavy atom. The van der Waals surface area contributed by atoms with E-state index < -0.39 is 12.3 Å². The van der Waals surface area contributed by atoms with Gasteiger partial charge in [0.2, 0.25) is 5.91 Å². The summed E-state index contributed by atoms with van der Waals surface area (Å²) in [7, 11) is 0. The van der Waals surface area contributed by atoms with Gasteiger partial charge in [0.25, 0.3) is 0 Å². The Labute approximate surface area is 115 Å². The first-order valence-corrected chi connectivity index (χ1v) is 6.53. The number of nitrogens with one attached hydrogen (secondary N) is 1. The molecule has 0 saturated heterocycles. The molecular formula is C14H16F3NO2. The van der Waals surface area contributed by atoms with Crippen LogP contribution in [0.4, 0.5) is 18.9 Å². The van der Waals surface area contributed by atoms with E-state index in [0.717, 1.165) is 12.8 Å². The van der Waals surface area contributed by atoms with Gasteiger partial charge in [-0.2, -0.15) is 0 Å². The van der Waals surface area contributed by atoms with Crippen LogP contribution >= 0.6 is 0 Å². The van der Waals surface area contributed by atoms with Gasteiger partial charge in [-0.05, 0) is 24.0 Å². The molecule has 20 heavy (non-hydrogen) atoms. The Hall–Kier alpha value is -1.72. The largest absolute Gasteiger partial charge is 0.573 e. The fourth-order valence-corrected chi connectivity index (χ4v) is 2.68. The number of carbonyl (C=O) groups is 1. The second-order valence-corrected chi connectivity index (χ2v) is 5.00. The molecule has 0 aromatic heterocycles. The van der Waals surface area contributed by atoms with Gasteiger partial charge in [-0.1, -0.05) is 32.4 Å². The summed E-state index contributed by atoms with van der Waals surface area (Å²) in [6.07, 6.45) is -3.02. The van der Waals surface area contributed by atoms with Crippen LogP contribution in [0.25, 0.3) is 0 Å². The summed E-state index contributed by atoms with van der Waals surface area (Å²) >= 11 is 0. The second-order valence-electron chi connectivity index (χ2n) is 5.00. The third kappa shape index (κ3) is 2.89. The molecular weight excluding hydrogens is 271 g/mol. The molecule has 0 fully saturated rings. The summed E-state index contributed by atoms with van der Waals surface area (Å²) < 4.78 is 41.0. The van der Waals surface area contributed by atoms with Crippen LogP contribution in [0.15, 0.2) is 18.2 Å². The summed E-state index contributed by atoms with van der Waals surface area (Å²) in [5, 5.41) is 2.51. The van der Waals surface area contributed by atoms with Crippen LogP contribution in [0.3, 0.4) is 0 Å². The number of benzene rings is 1. The van der Waals surface area contributed by atoms with Crippen LogP contribution < -0.4 is 10.1 Å². The number of rotatable bonds is 4. The van der Waals surface area contributed by atoms with Crippen molar-refractivity contribution in [2.45, 2.75) is 39.0 Å². The predicted octanol–water partition coefficient (Wildman–Crippen LogP) is 4.06. The second kappa shape index (κ2) is 5.34. The minimum absolute atomic E-state index is 0.0717. The molecule has 6 heteroatoms. The number of para-hydroxylation sites is 1. The maximum absolute atomic E-state index is 12.3. The molecule has 1 aromatic carbocycles. The fraction of sp³-hybridized carbons (Fsp3) is 0.500. The first-order chi connectivity index (χ1) is 9.33. The molecule has 0 radical (unpaired) electrons. The number of hydrogen-bond donors (Lipinski definition) is 1. The summed E-state index contributed by atoms with van der Waals surface area (Å²) in [5.41, 5.74) is 0.723. The number of carbonyl (C=O) groups excluding carboxylic acids is 1. The Balaban J connectivity index is 2.35. The molecule has 2 unspecified atom stereocenters. The van der Waals surface area contributed by atoms with Crippen LogP contribution in [0.2, 0.25) is 0 Å². The molecule has 0 spiro atoms. The van der Waals surface area contributed by atoms with Crippen LogP contribution in [0.5, 0.6) is 5.75 Å². The highest BCUT2D eigenvalue weighted by molar-refractivity contribution is 6.04. The van der Waals surface area contributed by atoms with Crippen molar-refractivity contribution in [2.24, 2.45) is 5.92 Å². The number of amides is 1. The summed E-state index contributed by atoms with van der Waals surface area (Å²) in [5.74, 6) is -0.960. The van der Waals surface area contributed by atoms with Crippen molar-refractivity contribution in [1.82, 2.24) is 0 Å². The number of alkyl halides is 3. The van der Waals surface area contributed by atoms with Crippen LogP contribution in [0.1, 0.15) is 38.2 Å². The molecule has 1 aliphatic rings. The van der Waals surface area contributed by atoms with Crippen LogP contribution in [-0.2, 0) is 4.79 Å². The summed E-state index contributed by atoms with van der Waals surface area (Å²) in [6, 6.07) is 4.36. The van der Waals surface area contributed by atoms with Gasteiger partial charge in [-0.25, -0.2) is 0 Å². The Kier molecular flexibility index (Phi) is 3.92. The van der Waals surface area contributed by atoms with Gasteiger partial charge in [0.05, 0.1) is 11.6 Å². The van der Waals surface area contributed by atoms with Gasteiger partial charge in [0.1, 0.15) is 0 Å². The van der Waals surface area contributed by atoms with Gasteiger partial charge >= 0.3 is 6.36 Å². The number of hydrogen-bond acceptors (Lipinski definition) is 2. The molecule has 0 aliphatic carbocycles. The van der Waals surface area contributed by atoms with E-state index in [1.54, 1.807) is 6.07 Å². The molecule has 2 rings (SSSR count). The van der Waals surface area contributed by atoms with Crippen LogP contribution in [0, 0.1) is 5.92 Å². The molecule has 0 saturated carbocycles. The fourth-order valence-electron chi connectivity index (χ4n) is 2.68. The van der Waals surface area contributed by atoms with E-state index in [2.05, 4.69) is 10.1 Å². The molecule has 1 aromatic rings. The summed E-state index contributed by atoms with van der Waals surface area (Å²) in [6.45, 7) is 3.94. The Morgan fingerprint density at radius 2 is 2.10 bits per heavy atom. The minimum atomic E-state index is -4.77. The topological polar surface area (TPSA) is 38.3 Å². The Bertz CT molecular complexity index is 514. The highest BCUT2D eigenvalue weighted by Gasteiger charge is 2.39.